The van der Waals surface area contributed by atoms with Crippen LogP contribution >= 0.6 is 11.6 Å². The maximum atomic E-state index is 13.0. The van der Waals surface area contributed by atoms with Crippen molar-refractivity contribution in [2.24, 2.45) is 0 Å². The quantitative estimate of drug-likeness (QED) is 0.730. The summed E-state index contributed by atoms with van der Waals surface area (Å²) in [4.78, 5) is 11.3. The topological polar surface area (TPSA) is 50.1 Å². The number of hydrogen-bond donors (Lipinski definition) is 0. The van der Waals surface area contributed by atoms with Crippen LogP contribution in [-0.4, -0.2) is 12.6 Å². The highest BCUT2D eigenvalue weighted by atomic mass is 35.5. The van der Waals surface area contributed by atoms with Gasteiger partial charge in [-0.3, -0.25) is 0 Å². The van der Waals surface area contributed by atoms with Crippen molar-refractivity contribution in [2.45, 2.75) is 6.92 Å². The standard InChI is InChI=1S/C10H7ClFNO2/c1-2-15-10(14)6-3-4-8(12)7(5-13)9(6)11/h3-4H,2H2,1H3. The lowest BCUT2D eigenvalue weighted by atomic mass is 10.1. The van der Waals surface area contributed by atoms with E-state index in [1.165, 1.54) is 6.07 Å². The minimum Gasteiger partial charge on any atom is -0.462 e. The third kappa shape index (κ3) is 2.25. The van der Waals surface area contributed by atoms with E-state index in [-0.39, 0.29) is 22.8 Å². The van der Waals surface area contributed by atoms with E-state index in [2.05, 4.69) is 0 Å². The molecule has 0 aromatic heterocycles. The Morgan fingerprint density at radius 2 is 2.33 bits per heavy atom. The molecule has 0 radical (unpaired) electrons. The summed E-state index contributed by atoms with van der Waals surface area (Å²) in [7, 11) is 0. The lowest BCUT2D eigenvalue weighted by molar-refractivity contribution is 0.0526. The van der Waals surface area contributed by atoms with Crippen LogP contribution in [0.1, 0.15) is 22.8 Å². The van der Waals surface area contributed by atoms with Gasteiger partial charge in [-0.15, -0.1) is 0 Å². The second-order valence-corrected chi connectivity index (χ2v) is 2.99. The number of nitriles is 1. The number of benzene rings is 1. The highest BCUT2D eigenvalue weighted by Gasteiger charge is 2.17. The minimum absolute atomic E-state index is 0.00327. The van der Waals surface area contributed by atoms with Crippen LogP contribution in [0.15, 0.2) is 12.1 Å². The zero-order valence-corrected chi connectivity index (χ0v) is 8.64. The molecule has 0 aliphatic heterocycles. The molecular formula is C10H7ClFNO2. The Hall–Kier alpha value is -1.60. The number of carbonyl (C=O) groups excluding carboxylic acids is 1. The summed E-state index contributed by atoms with van der Waals surface area (Å²) in [6.45, 7) is 1.83. The van der Waals surface area contributed by atoms with E-state index >= 15 is 0 Å². The second kappa shape index (κ2) is 4.76. The van der Waals surface area contributed by atoms with Crippen molar-refractivity contribution >= 4 is 17.6 Å². The molecule has 0 unspecified atom stereocenters. The third-order valence-corrected chi connectivity index (χ3v) is 2.09. The van der Waals surface area contributed by atoms with Gasteiger partial charge in [-0.1, -0.05) is 11.6 Å². The molecule has 78 valence electrons. The number of carbonyl (C=O) groups is 1. The number of ether oxygens (including phenoxy) is 1. The van der Waals surface area contributed by atoms with Crippen molar-refractivity contribution in [1.29, 1.82) is 5.26 Å². The van der Waals surface area contributed by atoms with Gasteiger partial charge in [0.1, 0.15) is 17.4 Å². The van der Waals surface area contributed by atoms with E-state index in [1.807, 2.05) is 0 Å². The molecule has 0 N–H and O–H groups in total. The molecule has 0 fully saturated rings. The fraction of sp³-hybridized carbons (Fsp3) is 0.200. The minimum atomic E-state index is -0.754. The smallest absolute Gasteiger partial charge is 0.339 e. The van der Waals surface area contributed by atoms with Gasteiger partial charge in [0.15, 0.2) is 0 Å². The highest BCUT2D eigenvalue weighted by molar-refractivity contribution is 6.34. The van der Waals surface area contributed by atoms with E-state index in [0.717, 1.165) is 6.07 Å². The van der Waals surface area contributed by atoms with Crippen molar-refractivity contribution < 1.29 is 13.9 Å². The van der Waals surface area contributed by atoms with E-state index in [0.29, 0.717) is 0 Å². The van der Waals surface area contributed by atoms with Gasteiger partial charge in [0.05, 0.1) is 17.2 Å². The fourth-order valence-electron chi connectivity index (χ4n) is 1.02. The van der Waals surface area contributed by atoms with Crippen LogP contribution in [0.3, 0.4) is 0 Å². The molecule has 0 atom stereocenters. The number of rotatable bonds is 2. The molecule has 0 heterocycles. The van der Waals surface area contributed by atoms with Crippen LogP contribution in [0, 0.1) is 17.1 Å². The maximum absolute atomic E-state index is 13.0. The summed E-state index contributed by atoms with van der Waals surface area (Å²) >= 11 is 5.68. The summed E-state index contributed by atoms with van der Waals surface area (Å²) in [5, 5.41) is 8.40. The Morgan fingerprint density at radius 1 is 1.67 bits per heavy atom. The van der Waals surface area contributed by atoms with Crippen molar-refractivity contribution in [3.63, 3.8) is 0 Å². The third-order valence-electron chi connectivity index (χ3n) is 1.70. The summed E-state index contributed by atoms with van der Waals surface area (Å²) in [6, 6.07) is 3.79. The zero-order chi connectivity index (χ0) is 11.4. The Balaban J connectivity index is 3.23. The first-order valence-corrected chi connectivity index (χ1v) is 4.54. The largest absolute Gasteiger partial charge is 0.462 e. The zero-order valence-electron chi connectivity index (χ0n) is 7.88. The van der Waals surface area contributed by atoms with Crippen LogP contribution in [0.5, 0.6) is 0 Å². The van der Waals surface area contributed by atoms with Crippen LogP contribution < -0.4 is 0 Å². The van der Waals surface area contributed by atoms with Crippen molar-refractivity contribution in [2.75, 3.05) is 6.61 Å². The normalized spacial score (nSPS) is 9.47. The Kier molecular flexibility index (Phi) is 3.64. The van der Waals surface area contributed by atoms with Gasteiger partial charge in [-0.05, 0) is 19.1 Å². The van der Waals surface area contributed by atoms with E-state index in [1.54, 1.807) is 13.0 Å². The molecule has 0 saturated heterocycles. The second-order valence-electron chi connectivity index (χ2n) is 2.62. The summed E-state index contributed by atoms with van der Waals surface area (Å²) < 4.78 is 17.7. The first kappa shape index (κ1) is 11.5. The molecule has 0 spiro atoms. The van der Waals surface area contributed by atoms with Crippen LogP contribution in [-0.2, 0) is 4.74 Å². The first-order valence-electron chi connectivity index (χ1n) is 4.17. The molecule has 3 nitrogen and oxygen atoms in total. The monoisotopic (exact) mass is 227 g/mol. The van der Waals surface area contributed by atoms with Crippen LogP contribution in [0.2, 0.25) is 5.02 Å². The number of hydrogen-bond acceptors (Lipinski definition) is 3. The summed E-state index contributed by atoms with van der Waals surface area (Å²) in [6.07, 6.45) is 0. The van der Waals surface area contributed by atoms with E-state index in [9.17, 15) is 9.18 Å². The SMILES string of the molecule is CCOC(=O)c1ccc(F)c(C#N)c1Cl. The predicted octanol–water partition coefficient (Wildman–Crippen LogP) is 2.53. The molecule has 0 bridgehead atoms. The van der Waals surface area contributed by atoms with Gasteiger partial charge >= 0.3 is 5.97 Å². The summed E-state index contributed by atoms with van der Waals surface area (Å²) in [5.74, 6) is -1.42. The maximum Gasteiger partial charge on any atom is 0.339 e. The lowest BCUT2D eigenvalue weighted by Gasteiger charge is -2.05. The first-order chi connectivity index (χ1) is 7.11. The van der Waals surface area contributed by atoms with E-state index < -0.39 is 11.8 Å². The highest BCUT2D eigenvalue weighted by Crippen LogP contribution is 2.23. The number of nitrogens with zero attached hydrogens (tertiary/aromatic N) is 1. The molecular weight excluding hydrogens is 221 g/mol. The molecule has 0 saturated carbocycles. The average Bonchev–Trinajstić information content (AvgIpc) is 2.18. The van der Waals surface area contributed by atoms with Gasteiger partial charge in [-0.2, -0.15) is 5.26 Å². The van der Waals surface area contributed by atoms with Gasteiger partial charge in [0.25, 0.3) is 0 Å². The number of esters is 1. The molecule has 1 rings (SSSR count). The molecule has 15 heavy (non-hydrogen) atoms. The molecule has 5 heteroatoms. The lowest BCUT2D eigenvalue weighted by Crippen LogP contribution is -2.06. The predicted molar refractivity (Wildman–Crippen MR) is 52.1 cm³/mol. The van der Waals surface area contributed by atoms with Gasteiger partial charge in [-0.25, -0.2) is 9.18 Å². The van der Waals surface area contributed by atoms with Crippen molar-refractivity contribution in [3.05, 3.63) is 34.1 Å². The molecule has 0 amide bonds. The molecule has 0 aliphatic carbocycles. The molecule has 1 aromatic carbocycles. The average molecular weight is 228 g/mol. The molecule has 1 aromatic rings. The fourth-order valence-corrected chi connectivity index (χ4v) is 1.29. The van der Waals surface area contributed by atoms with Crippen molar-refractivity contribution in [3.8, 4) is 6.07 Å². The van der Waals surface area contributed by atoms with Gasteiger partial charge < -0.3 is 4.74 Å². The van der Waals surface area contributed by atoms with Gasteiger partial charge in [0, 0.05) is 0 Å². The Labute approximate surface area is 91.0 Å². The van der Waals surface area contributed by atoms with E-state index in [4.69, 9.17) is 21.6 Å². The number of halogens is 2. The Bertz CT molecular complexity index is 440. The van der Waals surface area contributed by atoms with Crippen molar-refractivity contribution in [1.82, 2.24) is 0 Å². The van der Waals surface area contributed by atoms with Crippen LogP contribution in [0.4, 0.5) is 4.39 Å². The van der Waals surface area contributed by atoms with Gasteiger partial charge in [0.2, 0.25) is 0 Å². The Morgan fingerprint density at radius 3 is 2.87 bits per heavy atom. The molecule has 0 aliphatic rings. The van der Waals surface area contributed by atoms with Crippen LogP contribution in [0.25, 0.3) is 0 Å². The summed E-state index contributed by atoms with van der Waals surface area (Å²) in [5.41, 5.74) is -0.348.